The molecule has 0 aromatic heterocycles. The molecule has 1 aromatic rings. The number of alkyl halides is 2. The van der Waals surface area contributed by atoms with Crippen LogP contribution < -0.4 is 0 Å². The standard InChI is InChI=1S/C17H17F2NO5/c1-17(2)12-4-3-8(5-9(12)16(24)25-17)14(21)20-6-10(13(18)19)11(7-20)15(22)23/h3-5,10-11,13H,6-7H2,1-2H3,(H,22,23)/t10-,11-/m1/s1. The van der Waals surface area contributed by atoms with Crippen LogP contribution in [-0.4, -0.2) is 47.4 Å². The van der Waals surface area contributed by atoms with Crippen LogP contribution in [0.3, 0.4) is 0 Å². The van der Waals surface area contributed by atoms with Crippen molar-refractivity contribution in [2.45, 2.75) is 25.9 Å². The van der Waals surface area contributed by atoms with E-state index in [1.54, 1.807) is 19.9 Å². The molecule has 0 saturated carbocycles. The summed E-state index contributed by atoms with van der Waals surface area (Å²) < 4.78 is 31.3. The summed E-state index contributed by atoms with van der Waals surface area (Å²) in [6, 6.07) is 4.47. The molecule has 1 amide bonds. The van der Waals surface area contributed by atoms with E-state index in [0.29, 0.717) is 5.56 Å². The first-order chi connectivity index (χ1) is 11.6. The molecule has 2 heterocycles. The van der Waals surface area contributed by atoms with Crippen molar-refractivity contribution in [3.8, 4) is 0 Å². The highest BCUT2D eigenvalue weighted by atomic mass is 19.3. The van der Waals surface area contributed by atoms with E-state index in [-0.39, 0.29) is 24.2 Å². The number of hydrogen-bond acceptors (Lipinski definition) is 4. The van der Waals surface area contributed by atoms with E-state index in [0.717, 1.165) is 4.90 Å². The Hall–Kier alpha value is -2.51. The highest BCUT2D eigenvalue weighted by Gasteiger charge is 2.45. The summed E-state index contributed by atoms with van der Waals surface area (Å²) in [7, 11) is 0. The summed E-state index contributed by atoms with van der Waals surface area (Å²) in [5.41, 5.74) is 0.253. The molecule has 3 rings (SSSR count). The lowest BCUT2D eigenvalue weighted by molar-refractivity contribution is -0.144. The van der Waals surface area contributed by atoms with Crippen molar-refractivity contribution in [3.63, 3.8) is 0 Å². The molecule has 0 spiro atoms. The van der Waals surface area contributed by atoms with Gasteiger partial charge in [-0.2, -0.15) is 0 Å². The quantitative estimate of drug-likeness (QED) is 0.842. The van der Waals surface area contributed by atoms with E-state index >= 15 is 0 Å². The highest BCUT2D eigenvalue weighted by Crippen LogP contribution is 2.37. The normalized spacial score (nSPS) is 24.4. The van der Waals surface area contributed by atoms with Gasteiger partial charge in [0.05, 0.1) is 17.4 Å². The van der Waals surface area contributed by atoms with Gasteiger partial charge < -0.3 is 14.7 Å². The number of carboxylic acid groups (broad SMARTS) is 1. The summed E-state index contributed by atoms with van der Waals surface area (Å²) in [6.45, 7) is 2.84. The van der Waals surface area contributed by atoms with Crippen molar-refractivity contribution in [1.29, 1.82) is 0 Å². The largest absolute Gasteiger partial charge is 0.481 e. The van der Waals surface area contributed by atoms with Gasteiger partial charge in [-0.15, -0.1) is 0 Å². The summed E-state index contributed by atoms with van der Waals surface area (Å²) >= 11 is 0. The first-order valence-corrected chi connectivity index (χ1v) is 7.80. The van der Waals surface area contributed by atoms with E-state index in [1.165, 1.54) is 12.1 Å². The van der Waals surface area contributed by atoms with Gasteiger partial charge in [-0.05, 0) is 26.0 Å². The third kappa shape index (κ3) is 2.85. The van der Waals surface area contributed by atoms with Gasteiger partial charge >= 0.3 is 11.9 Å². The Bertz CT molecular complexity index is 761. The van der Waals surface area contributed by atoms with Gasteiger partial charge in [0.1, 0.15) is 5.60 Å². The molecular formula is C17H17F2NO5. The Morgan fingerprint density at radius 3 is 2.56 bits per heavy atom. The zero-order valence-electron chi connectivity index (χ0n) is 13.7. The van der Waals surface area contributed by atoms with Crippen molar-refractivity contribution < 1.29 is 33.0 Å². The monoisotopic (exact) mass is 353 g/mol. The molecule has 0 bridgehead atoms. The molecule has 0 aliphatic carbocycles. The molecule has 6 nitrogen and oxygen atoms in total. The fraction of sp³-hybridized carbons (Fsp3) is 0.471. The Kier molecular flexibility index (Phi) is 4.01. The summed E-state index contributed by atoms with van der Waals surface area (Å²) in [5.74, 6) is -5.18. The van der Waals surface area contributed by atoms with Crippen LogP contribution in [0.5, 0.6) is 0 Å². The second-order valence-electron chi connectivity index (χ2n) is 6.81. The minimum Gasteiger partial charge on any atom is -0.481 e. The number of ether oxygens (including phenoxy) is 1. The number of nitrogens with zero attached hydrogens (tertiary/aromatic N) is 1. The zero-order chi connectivity index (χ0) is 18.5. The van der Waals surface area contributed by atoms with Gasteiger partial charge in [-0.25, -0.2) is 13.6 Å². The number of cyclic esters (lactones) is 1. The molecule has 1 N–H and O–H groups in total. The minimum atomic E-state index is -2.82. The number of esters is 1. The Morgan fingerprint density at radius 1 is 1.32 bits per heavy atom. The Labute approximate surface area is 142 Å². The van der Waals surface area contributed by atoms with Crippen LogP contribution in [0.1, 0.15) is 40.1 Å². The number of amides is 1. The van der Waals surface area contributed by atoms with Crippen LogP contribution >= 0.6 is 0 Å². The third-order valence-corrected chi connectivity index (χ3v) is 4.78. The molecule has 1 aromatic carbocycles. The van der Waals surface area contributed by atoms with Crippen molar-refractivity contribution in [2.24, 2.45) is 11.8 Å². The summed E-state index contributed by atoms with van der Waals surface area (Å²) in [4.78, 5) is 36.8. The third-order valence-electron chi connectivity index (χ3n) is 4.78. The fourth-order valence-corrected chi connectivity index (χ4v) is 3.41. The molecule has 2 atom stereocenters. The molecule has 25 heavy (non-hydrogen) atoms. The lowest BCUT2D eigenvalue weighted by Gasteiger charge is -2.18. The Balaban J connectivity index is 1.87. The van der Waals surface area contributed by atoms with Crippen molar-refractivity contribution in [2.75, 3.05) is 13.1 Å². The smallest absolute Gasteiger partial charge is 0.339 e. The SMILES string of the molecule is CC1(C)OC(=O)c2cc(C(=O)N3C[C@@H](C(=O)O)[C@H](C(F)F)C3)ccc21. The van der Waals surface area contributed by atoms with Crippen LogP contribution in [0.25, 0.3) is 0 Å². The number of aliphatic carboxylic acids is 1. The number of carboxylic acids is 1. The van der Waals surface area contributed by atoms with E-state index < -0.39 is 41.7 Å². The van der Waals surface area contributed by atoms with Crippen LogP contribution in [0, 0.1) is 11.8 Å². The number of likely N-dealkylation sites (tertiary alicyclic amines) is 1. The Morgan fingerprint density at radius 2 is 2.00 bits per heavy atom. The second-order valence-corrected chi connectivity index (χ2v) is 6.81. The van der Waals surface area contributed by atoms with Gasteiger partial charge in [0.2, 0.25) is 6.43 Å². The molecule has 1 saturated heterocycles. The summed E-state index contributed by atoms with van der Waals surface area (Å²) in [5, 5.41) is 9.09. The molecule has 2 aliphatic rings. The van der Waals surface area contributed by atoms with Crippen LogP contribution in [0.2, 0.25) is 0 Å². The molecule has 0 radical (unpaired) electrons. The van der Waals surface area contributed by atoms with Crippen molar-refractivity contribution >= 4 is 17.8 Å². The topological polar surface area (TPSA) is 83.9 Å². The van der Waals surface area contributed by atoms with E-state index in [4.69, 9.17) is 9.84 Å². The van der Waals surface area contributed by atoms with Gasteiger partial charge in [-0.1, -0.05) is 6.07 Å². The lowest BCUT2D eigenvalue weighted by atomic mass is 9.94. The number of carbonyl (C=O) groups is 3. The maximum Gasteiger partial charge on any atom is 0.339 e. The first-order valence-electron chi connectivity index (χ1n) is 7.80. The number of benzene rings is 1. The first kappa shape index (κ1) is 17.3. The number of hydrogen-bond donors (Lipinski definition) is 1. The molecule has 8 heteroatoms. The van der Waals surface area contributed by atoms with Gasteiger partial charge in [0.15, 0.2) is 0 Å². The van der Waals surface area contributed by atoms with Crippen LogP contribution in [-0.2, 0) is 15.1 Å². The number of carbonyl (C=O) groups excluding carboxylic acids is 2. The number of halogens is 2. The van der Waals surface area contributed by atoms with Gasteiger partial charge in [-0.3, -0.25) is 9.59 Å². The maximum absolute atomic E-state index is 13.0. The van der Waals surface area contributed by atoms with Gasteiger partial charge in [0.25, 0.3) is 5.91 Å². The fourth-order valence-electron chi connectivity index (χ4n) is 3.41. The van der Waals surface area contributed by atoms with E-state index in [1.807, 2.05) is 0 Å². The predicted octanol–water partition coefficient (Wildman–Crippen LogP) is 2.13. The molecule has 134 valence electrons. The summed E-state index contributed by atoms with van der Waals surface area (Å²) in [6.07, 6.45) is -2.82. The zero-order valence-corrected chi connectivity index (χ0v) is 13.7. The second kappa shape index (κ2) is 5.79. The van der Waals surface area contributed by atoms with Crippen molar-refractivity contribution in [1.82, 2.24) is 4.90 Å². The van der Waals surface area contributed by atoms with Crippen molar-refractivity contribution in [3.05, 3.63) is 34.9 Å². The minimum absolute atomic E-state index is 0.146. The molecule has 0 unspecified atom stereocenters. The number of fused-ring (bicyclic) bond motifs is 1. The molecule has 1 fully saturated rings. The predicted molar refractivity (Wildman–Crippen MR) is 81.4 cm³/mol. The molecule has 2 aliphatic heterocycles. The number of rotatable bonds is 3. The van der Waals surface area contributed by atoms with E-state index in [9.17, 15) is 23.2 Å². The average Bonchev–Trinajstić information content (AvgIpc) is 3.07. The van der Waals surface area contributed by atoms with Gasteiger partial charge in [0, 0.05) is 24.2 Å². The molecular weight excluding hydrogens is 336 g/mol. The average molecular weight is 353 g/mol. The van der Waals surface area contributed by atoms with E-state index in [2.05, 4.69) is 0 Å². The lowest BCUT2D eigenvalue weighted by Crippen LogP contribution is -2.30. The van der Waals surface area contributed by atoms with Crippen LogP contribution in [0.4, 0.5) is 8.78 Å². The van der Waals surface area contributed by atoms with Crippen LogP contribution in [0.15, 0.2) is 18.2 Å². The highest BCUT2D eigenvalue weighted by molar-refractivity contribution is 6.00. The maximum atomic E-state index is 13.0.